The lowest BCUT2D eigenvalue weighted by Gasteiger charge is -2.43. The van der Waals surface area contributed by atoms with E-state index in [0.717, 1.165) is 51.4 Å². The van der Waals surface area contributed by atoms with Crippen molar-refractivity contribution >= 4 is 0 Å². The minimum atomic E-state index is -1.15. The Labute approximate surface area is 193 Å². The molecular formula is C26H54O5. The van der Waals surface area contributed by atoms with Gasteiger partial charge in [0, 0.05) is 12.8 Å². The van der Waals surface area contributed by atoms with Crippen molar-refractivity contribution in [1.29, 1.82) is 0 Å². The van der Waals surface area contributed by atoms with Crippen LogP contribution in [0.2, 0.25) is 0 Å². The summed E-state index contributed by atoms with van der Waals surface area (Å²) < 4.78 is 32.2. The number of unbranched alkanes of at least 4 members (excludes halogenated alkanes) is 4. The van der Waals surface area contributed by atoms with Gasteiger partial charge in [-0.3, -0.25) is 4.74 Å². The van der Waals surface area contributed by atoms with Gasteiger partial charge < -0.3 is 18.9 Å². The summed E-state index contributed by atoms with van der Waals surface area (Å²) in [7, 11) is 0. The Bertz CT molecular complexity index is 365. The Kier molecular flexibility index (Phi) is 18.1. The van der Waals surface area contributed by atoms with Gasteiger partial charge in [-0.2, -0.15) is 0 Å². The van der Waals surface area contributed by atoms with Gasteiger partial charge in [0.2, 0.25) is 0 Å². The Morgan fingerprint density at radius 1 is 0.516 bits per heavy atom. The Morgan fingerprint density at radius 3 is 1.16 bits per heavy atom. The molecule has 2 atom stereocenters. The molecule has 188 valence electrons. The van der Waals surface area contributed by atoms with E-state index in [4.69, 9.17) is 23.7 Å². The van der Waals surface area contributed by atoms with E-state index in [1.807, 2.05) is 0 Å². The summed E-state index contributed by atoms with van der Waals surface area (Å²) in [5.74, 6) is -1.54. The SMILES string of the molecule is CCCCOC(CCCC)(OCC(C)C)OC(CCCC)(OCCCC)OCC(C)C. The van der Waals surface area contributed by atoms with Crippen molar-refractivity contribution in [3.05, 3.63) is 0 Å². The van der Waals surface area contributed by atoms with Crippen LogP contribution in [0.4, 0.5) is 0 Å². The standard InChI is InChI=1S/C26H54O5/c1-9-13-17-25(27-19-15-11-3,29-21-23(5)6)31-26(18-14-10-2,28-20-16-12-4)30-22-24(7)8/h23-24H,9-22H2,1-8H3. The van der Waals surface area contributed by atoms with Crippen LogP contribution in [0, 0.1) is 11.8 Å². The second-order valence-corrected chi connectivity index (χ2v) is 9.49. The minimum Gasteiger partial charge on any atom is -0.327 e. The summed E-state index contributed by atoms with van der Waals surface area (Å²) in [6.07, 6.45) is 9.36. The van der Waals surface area contributed by atoms with E-state index >= 15 is 0 Å². The van der Waals surface area contributed by atoms with Crippen molar-refractivity contribution in [2.75, 3.05) is 26.4 Å². The molecule has 0 aliphatic rings. The maximum absolute atomic E-state index is 6.74. The monoisotopic (exact) mass is 446 g/mol. The van der Waals surface area contributed by atoms with Gasteiger partial charge in [0.15, 0.2) is 0 Å². The second kappa shape index (κ2) is 18.3. The molecule has 0 aliphatic carbocycles. The number of rotatable bonds is 22. The summed E-state index contributed by atoms with van der Waals surface area (Å²) in [5, 5.41) is 0. The topological polar surface area (TPSA) is 46.2 Å². The molecular weight excluding hydrogens is 392 g/mol. The smallest absolute Gasteiger partial charge is 0.287 e. The molecule has 0 N–H and O–H groups in total. The molecule has 2 unspecified atom stereocenters. The zero-order chi connectivity index (χ0) is 23.6. The molecule has 5 heteroatoms. The molecule has 0 radical (unpaired) electrons. The molecule has 0 rings (SSSR count). The predicted molar refractivity (Wildman–Crippen MR) is 129 cm³/mol. The molecule has 0 heterocycles. The second-order valence-electron chi connectivity index (χ2n) is 9.49. The lowest BCUT2D eigenvalue weighted by atomic mass is 10.2. The third kappa shape index (κ3) is 14.5. The van der Waals surface area contributed by atoms with Crippen molar-refractivity contribution < 1.29 is 23.7 Å². The van der Waals surface area contributed by atoms with Gasteiger partial charge in [-0.25, -0.2) is 0 Å². The van der Waals surface area contributed by atoms with E-state index in [1.165, 1.54) is 0 Å². The first kappa shape index (κ1) is 30.8. The van der Waals surface area contributed by atoms with Gasteiger partial charge in [0.1, 0.15) is 0 Å². The van der Waals surface area contributed by atoms with Gasteiger partial charge in [0.25, 0.3) is 11.9 Å². The Balaban J connectivity index is 5.93. The van der Waals surface area contributed by atoms with Crippen molar-refractivity contribution in [3.8, 4) is 0 Å². The van der Waals surface area contributed by atoms with E-state index in [0.29, 0.717) is 51.1 Å². The minimum absolute atomic E-state index is 0.377. The molecule has 0 aliphatic heterocycles. The van der Waals surface area contributed by atoms with E-state index < -0.39 is 11.9 Å². The summed E-state index contributed by atoms with van der Waals surface area (Å²) in [5.41, 5.74) is 0. The van der Waals surface area contributed by atoms with E-state index in [9.17, 15) is 0 Å². The first-order chi connectivity index (χ1) is 14.8. The summed E-state index contributed by atoms with van der Waals surface area (Å²) in [6.45, 7) is 19.6. The van der Waals surface area contributed by atoms with E-state index in [2.05, 4.69) is 55.4 Å². The fraction of sp³-hybridized carbons (Fsp3) is 1.00. The van der Waals surface area contributed by atoms with E-state index in [-0.39, 0.29) is 0 Å². The normalized spacial score (nSPS) is 16.1. The number of hydrogen-bond acceptors (Lipinski definition) is 5. The molecule has 0 spiro atoms. The Hall–Kier alpha value is -0.200. The van der Waals surface area contributed by atoms with Crippen molar-refractivity contribution in [3.63, 3.8) is 0 Å². The molecule has 0 aromatic heterocycles. The molecule has 0 amide bonds. The predicted octanol–water partition coefficient (Wildman–Crippen LogP) is 7.67. The van der Waals surface area contributed by atoms with E-state index in [1.54, 1.807) is 0 Å². The van der Waals surface area contributed by atoms with Crippen LogP contribution < -0.4 is 0 Å². The van der Waals surface area contributed by atoms with Crippen LogP contribution in [-0.2, 0) is 23.7 Å². The van der Waals surface area contributed by atoms with Crippen LogP contribution in [0.15, 0.2) is 0 Å². The molecule has 0 saturated carbocycles. The highest BCUT2D eigenvalue weighted by atomic mass is 17.0. The van der Waals surface area contributed by atoms with Gasteiger partial charge in [0.05, 0.1) is 26.4 Å². The molecule has 0 fully saturated rings. The third-order valence-corrected chi connectivity index (χ3v) is 4.90. The van der Waals surface area contributed by atoms with Crippen LogP contribution in [0.1, 0.15) is 120 Å². The van der Waals surface area contributed by atoms with Crippen LogP contribution >= 0.6 is 0 Å². The van der Waals surface area contributed by atoms with Crippen LogP contribution in [0.3, 0.4) is 0 Å². The average Bonchev–Trinajstić information content (AvgIpc) is 2.73. The van der Waals surface area contributed by atoms with Gasteiger partial charge in [-0.15, -0.1) is 0 Å². The zero-order valence-corrected chi connectivity index (χ0v) is 22.1. The highest BCUT2D eigenvalue weighted by Gasteiger charge is 2.46. The maximum Gasteiger partial charge on any atom is 0.287 e. The number of hydrogen-bond donors (Lipinski definition) is 0. The quantitative estimate of drug-likeness (QED) is 0.126. The maximum atomic E-state index is 6.74. The lowest BCUT2D eigenvalue weighted by molar-refractivity contribution is -0.508. The lowest BCUT2D eigenvalue weighted by Crippen LogP contribution is -2.52. The average molecular weight is 447 g/mol. The largest absolute Gasteiger partial charge is 0.327 e. The van der Waals surface area contributed by atoms with Crippen molar-refractivity contribution in [1.82, 2.24) is 0 Å². The summed E-state index contributed by atoms with van der Waals surface area (Å²) in [4.78, 5) is 0. The molecule has 31 heavy (non-hydrogen) atoms. The summed E-state index contributed by atoms with van der Waals surface area (Å²) >= 11 is 0. The first-order valence-electron chi connectivity index (χ1n) is 13.0. The Morgan fingerprint density at radius 2 is 0.871 bits per heavy atom. The molecule has 0 saturated heterocycles. The van der Waals surface area contributed by atoms with Crippen molar-refractivity contribution in [2.24, 2.45) is 11.8 Å². The van der Waals surface area contributed by atoms with Crippen LogP contribution in [0.25, 0.3) is 0 Å². The van der Waals surface area contributed by atoms with Gasteiger partial charge >= 0.3 is 0 Å². The molecule has 0 aromatic carbocycles. The van der Waals surface area contributed by atoms with Crippen LogP contribution in [-0.4, -0.2) is 38.4 Å². The highest BCUT2D eigenvalue weighted by Crippen LogP contribution is 2.35. The highest BCUT2D eigenvalue weighted by molar-refractivity contribution is 4.68. The van der Waals surface area contributed by atoms with Gasteiger partial charge in [-0.05, 0) is 37.5 Å². The number of ether oxygens (including phenoxy) is 5. The van der Waals surface area contributed by atoms with Gasteiger partial charge in [-0.1, -0.05) is 81.1 Å². The zero-order valence-electron chi connectivity index (χ0n) is 22.1. The van der Waals surface area contributed by atoms with Crippen molar-refractivity contribution in [2.45, 2.75) is 132 Å². The summed E-state index contributed by atoms with van der Waals surface area (Å²) in [6, 6.07) is 0. The molecule has 5 nitrogen and oxygen atoms in total. The molecule has 0 bridgehead atoms. The first-order valence-corrected chi connectivity index (χ1v) is 13.0. The third-order valence-electron chi connectivity index (χ3n) is 4.90. The fourth-order valence-electron chi connectivity index (χ4n) is 2.95. The van der Waals surface area contributed by atoms with Crippen LogP contribution in [0.5, 0.6) is 0 Å². The fourth-order valence-corrected chi connectivity index (χ4v) is 2.95. The molecule has 0 aromatic rings.